The molecule has 1 aromatic carbocycles. The summed E-state index contributed by atoms with van der Waals surface area (Å²) < 4.78 is 7.25. The van der Waals surface area contributed by atoms with Crippen molar-refractivity contribution >= 4 is 27.9 Å². The molecule has 0 fully saturated rings. The molecule has 6 heteroatoms. The zero-order valence-electron chi connectivity index (χ0n) is 16.9. The monoisotopic (exact) mass is 444 g/mol. The Morgan fingerprint density at radius 2 is 1.86 bits per heavy atom. The molecule has 150 valence electrons. The third kappa shape index (κ3) is 4.54. The highest BCUT2D eigenvalue weighted by Gasteiger charge is 2.43. The van der Waals surface area contributed by atoms with Crippen molar-refractivity contribution in [2.45, 2.75) is 58.5 Å². The molecule has 3 rings (SSSR count). The first kappa shape index (κ1) is 20.8. The lowest BCUT2D eigenvalue weighted by Crippen LogP contribution is -2.42. The van der Waals surface area contributed by atoms with E-state index in [4.69, 9.17) is 4.74 Å². The zero-order chi connectivity index (χ0) is 20.0. The molecule has 0 bridgehead atoms. The summed E-state index contributed by atoms with van der Waals surface area (Å²) in [6.45, 7) is 7.36. The van der Waals surface area contributed by atoms with Crippen LogP contribution in [0.2, 0.25) is 0 Å². The largest absolute Gasteiger partial charge is 0.456 e. The van der Waals surface area contributed by atoms with E-state index in [1.54, 1.807) is 6.20 Å². The van der Waals surface area contributed by atoms with Gasteiger partial charge in [0.1, 0.15) is 5.60 Å². The molecule has 1 aliphatic rings. The SMILES string of the molecule is CCCC(CCC)[C@@]1(CC)CN=C(Nc2ncc(Br)c(-c3ccccc3)n2)O1. The Bertz CT molecular complexity index is 805. The number of nitrogens with zero attached hydrogens (tertiary/aromatic N) is 3. The van der Waals surface area contributed by atoms with Gasteiger partial charge in [-0.05, 0) is 35.2 Å². The third-order valence-corrected chi connectivity index (χ3v) is 6.00. The molecule has 1 aliphatic heterocycles. The fourth-order valence-electron chi connectivity index (χ4n) is 3.90. The third-order valence-electron chi connectivity index (χ3n) is 5.42. The molecule has 0 radical (unpaired) electrons. The van der Waals surface area contributed by atoms with Gasteiger partial charge in [0.05, 0.1) is 16.7 Å². The number of ether oxygens (including phenoxy) is 1. The van der Waals surface area contributed by atoms with Gasteiger partial charge in [0.2, 0.25) is 5.95 Å². The van der Waals surface area contributed by atoms with Gasteiger partial charge in [-0.1, -0.05) is 63.9 Å². The minimum Gasteiger partial charge on any atom is -0.456 e. The standard InChI is InChI=1S/C22H29BrN4O/c1-4-10-17(11-5-2)22(6-3)15-25-21(28-22)27-20-24-14-18(23)19(26-20)16-12-8-7-9-13-16/h7-9,12-14,17H,4-6,10-11,15H2,1-3H3,(H,24,25,26,27)/t22-/m1/s1. The highest BCUT2D eigenvalue weighted by atomic mass is 79.9. The molecule has 2 heterocycles. The number of hydrogen-bond donors (Lipinski definition) is 1. The quantitative estimate of drug-likeness (QED) is 0.536. The van der Waals surface area contributed by atoms with Crippen molar-refractivity contribution in [1.82, 2.24) is 9.97 Å². The minimum absolute atomic E-state index is 0.216. The fourth-order valence-corrected chi connectivity index (χ4v) is 4.32. The molecule has 1 aromatic heterocycles. The molecule has 2 aromatic rings. The molecule has 1 N–H and O–H groups in total. The van der Waals surface area contributed by atoms with Crippen LogP contribution in [0.3, 0.4) is 0 Å². The number of anilines is 1. The number of hydrogen-bond acceptors (Lipinski definition) is 5. The van der Waals surface area contributed by atoms with E-state index in [-0.39, 0.29) is 5.60 Å². The smallest absolute Gasteiger partial charge is 0.292 e. The molecule has 0 saturated heterocycles. The van der Waals surface area contributed by atoms with Gasteiger partial charge in [-0.15, -0.1) is 0 Å². The van der Waals surface area contributed by atoms with Crippen LogP contribution in [-0.4, -0.2) is 28.1 Å². The molecule has 0 spiro atoms. The zero-order valence-corrected chi connectivity index (χ0v) is 18.5. The van der Waals surface area contributed by atoms with Gasteiger partial charge >= 0.3 is 0 Å². The van der Waals surface area contributed by atoms with Gasteiger partial charge in [-0.3, -0.25) is 5.32 Å². The van der Waals surface area contributed by atoms with Crippen molar-refractivity contribution in [2.75, 3.05) is 11.9 Å². The topological polar surface area (TPSA) is 59.4 Å². The molecular formula is C22H29BrN4O. The van der Waals surface area contributed by atoms with E-state index in [0.29, 0.717) is 24.4 Å². The number of amidine groups is 1. The number of halogens is 1. The number of benzene rings is 1. The fraction of sp³-hybridized carbons (Fsp3) is 0.500. The predicted octanol–water partition coefficient (Wildman–Crippen LogP) is 6.07. The Morgan fingerprint density at radius 3 is 2.50 bits per heavy atom. The number of nitrogens with one attached hydrogen (secondary N) is 1. The van der Waals surface area contributed by atoms with Crippen LogP contribution in [0.25, 0.3) is 11.3 Å². The summed E-state index contributed by atoms with van der Waals surface area (Å²) in [4.78, 5) is 13.7. The van der Waals surface area contributed by atoms with E-state index in [1.807, 2.05) is 30.3 Å². The molecule has 0 aliphatic carbocycles. The summed E-state index contributed by atoms with van der Waals surface area (Å²) >= 11 is 3.55. The van der Waals surface area contributed by atoms with Crippen molar-refractivity contribution in [2.24, 2.45) is 10.9 Å². The second kappa shape index (κ2) is 9.50. The second-order valence-corrected chi connectivity index (χ2v) is 8.15. The van der Waals surface area contributed by atoms with Gasteiger partial charge in [0.25, 0.3) is 6.02 Å². The lowest BCUT2D eigenvalue weighted by atomic mass is 9.79. The van der Waals surface area contributed by atoms with Gasteiger partial charge in [-0.25, -0.2) is 15.0 Å². The van der Waals surface area contributed by atoms with E-state index in [0.717, 1.165) is 47.8 Å². The summed E-state index contributed by atoms with van der Waals surface area (Å²) in [5.41, 5.74) is 1.66. The van der Waals surface area contributed by atoms with Crippen LogP contribution in [0.15, 0.2) is 46.0 Å². The number of rotatable bonds is 8. The van der Waals surface area contributed by atoms with E-state index < -0.39 is 0 Å². The number of aromatic nitrogens is 2. The van der Waals surface area contributed by atoms with Crippen molar-refractivity contribution in [3.8, 4) is 11.3 Å². The summed E-state index contributed by atoms with van der Waals surface area (Å²) in [7, 11) is 0. The van der Waals surface area contributed by atoms with E-state index in [2.05, 4.69) is 57.0 Å². The maximum Gasteiger partial charge on any atom is 0.292 e. The van der Waals surface area contributed by atoms with Crippen LogP contribution in [-0.2, 0) is 4.74 Å². The van der Waals surface area contributed by atoms with Crippen LogP contribution >= 0.6 is 15.9 Å². The molecular weight excluding hydrogens is 416 g/mol. The van der Waals surface area contributed by atoms with Crippen LogP contribution in [0, 0.1) is 5.92 Å². The molecule has 5 nitrogen and oxygen atoms in total. The molecule has 0 unspecified atom stereocenters. The first-order valence-corrected chi connectivity index (χ1v) is 11.0. The van der Waals surface area contributed by atoms with Gasteiger partial charge < -0.3 is 4.74 Å². The molecule has 0 amide bonds. The lowest BCUT2D eigenvalue weighted by Gasteiger charge is -2.35. The summed E-state index contributed by atoms with van der Waals surface area (Å²) in [6, 6.07) is 10.6. The van der Waals surface area contributed by atoms with Crippen molar-refractivity contribution in [3.05, 3.63) is 41.0 Å². The van der Waals surface area contributed by atoms with Crippen LogP contribution in [0.1, 0.15) is 52.9 Å². The van der Waals surface area contributed by atoms with E-state index in [1.165, 1.54) is 0 Å². The van der Waals surface area contributed by atoms with Crippen LogP contribution in [0.4, 0.5) is 5.95 Å². The van der Waals surface area contributed by atoms with Gasteiger partial charge in [-0.2, -0.15) is 0 Å². The van der Waals surface area contributed by atoms with Crippen LogP contribution in [0.5, 0.6) is 0 Å². The predicted molar refractivity (Wildman–Crippen MR) is 119 cm³/mol. The Kier molecular flexibility index (Phi) is 7.05. The summed E-state index contributed by atoms with van der Waals surface area (Å²) in [6.07, 6.45) is 7.36. The van der Waals surface area contributed by atoms with Gasteiger partial charge in [0.15, 0.2) is 0 Å². The minimum atomic E-state index is -0.216. The Hall–Kier alpha value is -1.95. The summed E-state index contributed by atoms with van der Waals surface area (Å²) in [5.74, 6) is 1.01. The van der Waals surface area contributed by atoms with Crippen molar-refractivity contribution < 1.29 is 4.74 Å². The average Bonchev–Trinajstić information content (AvgIpc) is 3.14. The average molecular weight is 445 g/mol. The Morgan fingerprint density at radius 1 is 1.14 bits per heavy atom. The maximum atomic E-state index is 6.39. The Balaban J connectivity index is 1.76. The van der Waals surface area contributed by atoms with Crippen molar-refractivity contribution in [1.29, 1.82) is 0 Å². The first-order chi connectivity index (χ1) is 13.6. The number of aliphatic imine (C=N–C) groups is 1. The lowest BCUT2D eigenvalue weighted by molar-refractivity contribution is 0.0104. The Labute approximate surface area is 176 Å². The molecule has 0 saturated carbocycles. The highest BCUT2D eigenvalue weighted by molar-refractivity contribution is 9.10. The first-order valence-electron chi connectivity index (χ1n) is 10.2. The maximum absolute atomic E-state index is 6.39. The van der Waals surface area contributed by atoms with E-state index >= 15 is 0 Å². The summed E-state index contributed by atoms with van der Waals surface area (Å²) in [5, 5.41) is 3.19. The van der Waals surface area contributed by atoms with Gasteiger partial charge in [0, 0.05) is 17.7 Å². The van der Waals surface area contributed by atoms with Crippen molar-refractivity contribution in [3.63, 3.8) is 0 Å². The molecule has 1 atom stereocenters. The van der Waals surface area contributed by atoms with E-state index in [9.17, 15) is 0 Å². The highest BCUT2D eigenvalue weighted by Crippen LogP contribution is 2.37. The second-order valence-electron chi connectivity index (χ2n) is 7.30. The molecule has 28 heavy (non-hydrogen) atoms. The van der Waals surface area contributed by atoms with Crippen LogP contribution < -0.4 is 5.32 Å². The normalized spacial score (nSPS) is 18.8.